The van der Waals surface area contributed by atoms with Crippen molar-refractivity contribution in [3.05, 3.63) is 51.7 Å². The minimum Gasteiger partial charge on any atom is -0.455 e. The van der Waals surface area contributed by atoms with Gasteiger partial charge in [0.15, 0.2) is 0 Å². The van der Waals surface area contributed by atoms with Gasteiger partial charge in [-0.3, -0.25) is 9.78 Å². The molecule has 1 heterocycles. The highest BCUT2D eigenvalue weighted by Crippen LogP contribution is 2.30. The van der Waals surface area contributed by atoms with Gasteiger partial charge >= 0.3 is 0 Å². The fourth-order valence-electron chi connectivity index (χ4n) is 1.40. The smallest absolute Gasteiger partial charge is 0.254 e. The Kier molecular flexibility index (Phi) is 3.84. The molecule has 0 aliphatic heterocycles. The third-order valence-corrected chi connectivity index (χ3v) is 2.88. The summed E-state index contributed by atoms with van der Waals surface area (Å²) in [5.41, 5.74) is 5.42. The number of rotatable bonds is 3. The normalized spacial score (nSPS) is 10.1. The van der Waals surface area contributed by atoms with E-state index in [0.717, 1.165) is 4.47 Å². The number of carbonyl (C=O) groups is 1. The zero-order valence-corrected chi connectivity index (χ0v) is 11.4. The molecule has 4 nitrogen and oxygen atoms in total. The number of halogens is 2. The van der Waals surface area contributed by atoms with Gasteiger partial charge in [-0.2, -0.15) is 0 Å². The maximum absolute atomic E-state index is 11.3. The van der Waals surface area contributed by atoms with Crippen molar-refractivity contribution in [3.63, 3.8) is 0 Å². The Balaban J connectivity index is 2.40. The van der Waals surface area contributed by atoms with Crippen molar-refractivity contribution in [2.24, 2.45) is 5.73 Å². The van der Waals surface area contributed by atoms with Crippen LogP contribution >= 0.6 is 27.5 Å². The lowest BCUT2D eigenvalue weighted by molar-refractivity contribution is 0.0998. The number of pyridine rings is 1. The van der Waals surface area contributed by atoms with E-state index in [1.807, 2.05) is 0 Å². The first-order valence-electron chi connectivity index (χ1n) is 4.94. The molecule has 0 bridgehead atoms. The monoisotopic (exact) mass is 326 g/mol. The third kappa shape index (κ3) is 2.80. The number of nitrogens with zero attached hydrogens (tertiary/aromatic N) is 1. The molecule has 0 saturated heterocycles. The lowest BCUT2D eigenvalue weighted by Gasteiger charge is -2.10. The number of amides is 1. The molecule has 2 aromatic rings. The van der Waals surface area contributed by atoms with E-state index < -0.39 is 5.91 Å². The summed E-state index contributed by atoms with van der Waals surface area (Å²) in [5, 5.41) is 0.253. The average molecular weight is 328 g/mol. The van der Waals surface area contributed by atoms with Crippen molar-refractivity contribution in [2.75, 3.05) is 0 Å². The molecule has 1 aromatic heterocycles. The topological polar surface area (TPSA) is 65.2 Å². The second kappa shape index (κ2) is 5.37. The second-order valence-corrected chi connectivity index (χ2v) is 4.74. The van der Waals surface area contributed by atoms with Crippen LogP contribution in [0.25, 0.3) is 0 Å². The lowest BCUT2D eigenvalue weighted by atomic mass is 10.2. The van der Waals surface area contributed by atoms with Crippen molar-refractivity contribution in [1.82, 2.24) is 4.98 Å². The first-order chi connectivity index (χ1) is 8.58. The molecule has 0 aliphatic carbocycles. The van der Waals surface area contributed by atoms with Crippen molar-refractivity contribution < 1.29 is 9.53 Å². The Morgan fingerprint density at radius 2 is 2.17 bits per heavy atom. The summed E-state index contributed by atoms with van der Waals surface area (Å²) in [6.07, 6.45) is 3.15. The fourth-order valence-corrected chi connectivity index (χ4v) is 2.01. The summed E-state index contributed by atoms with van der Waals surface area (Å²) in [6, 6.07) is 6.59. The lowest BCUT2D eigenvalue weighted by Crippen LogP contribution is -2.12. The van der Waals surface area contributed by atoms with Gasteiger partial charge in [-0.25, -0.2) is 0 Å². The molecule has 1 amide bonds. The first-order valence-corrected chi connectivity index (χ1v) is 6.12. The Hall–Kier alpha value is -1.59. The van der Waals surface area contributed by atoms with Crippen LogP contribution in [0.1, 0.15) is 10.4 Å². The van der Waals surface area contributed by atoms with E-state index in [2.05, 4.69) is 20.9 Å². The van der Waals surface area contributed by atoms with Gasteiger partial charge in [0.05, 0.1) is 11.2 Å². The van der Waals surface area contributed by atoms with Crippen molar-refractivity contribution in [3.8, 4) is 11.5 Å². The molecular formula is C12H8BrClN2O2. The number of aromatic nitrogens is 1. The summed E-state index contributed by atoms with van der Waals surface area (Å²) in [7, 11) is 0. The molecule has 2 N–H and O–H groups in total. The van der Waals surface area contributed by atoms with Crippen LogP contribution in [-0.4, -0.2) is 10.9 Å². The molecule has 0 radical (unpaired) electrons. The molecule has 0 spiro atoms. The SMILES string of the molecule is NC(=O)c1c(Cl)cccc1Oc1cncc(Br)c1. The van der Waals surface area contributed by atoms with Crippen LogP contribution in [0.4, 0.5) is 0 Å². The first kappa shape index (κ1) is 12.9. The van der Waals surface area contributed by atoms with E-state index in [0.29, 0.717) is 11.5 Å². The minimum atomic E-state index is -0.640. The standard InChI is InChI=1S/C12H8BrClN2O2/c13-7-4-8(6-16-5-7)18-10-3-1-2-9(14)11(10)12(15)17/h1-6H,(H2,15,17). The molecule has 0 saturated carbocycles. The van der Waals surface area contributed by atoms with Gasteiger partial charge in [0, 0.05) is 10.7 Å². The van der Waals surface area contributed by atoms with Crippen molar-refractivity contribution in [2.45, 2.75) is 0 Å². The van der Waals surface area contributed by atoms with Gasteiger partial charge in [-0.1, -0.05) is 17.7 Å². The number of nitrogens with two attached hydrogens (primary N) is 1. The Labute approximate surface area is 117 Å². The molecular weight excluding hydrogens is 320 g/mol. The van der Waals surface area contributed by atoms with Crippen LogP contribution in [0.3, 0.4) is 0 Å². The summed E-state index contributed by atoms with van der Waals surface area (Å²) in [5.74, 6) is 0.141. The fraction of sp³-hybridized carbons (Fsp3) is 0. The largest absolute Gasteiger partial charge is 0.455 e. The molecule has 0 atom stereocenters. The van der Waals surface area contributed by atoms with Gasteiger partial charge in [0.25, 0.3) is 5.91 Å². The van der Waals surface area contributed by atoms with Gasteiger partial charge in [0.2, 0.25) is 0 Å². The number of carbonyl (C=O) groups excluding carboxylic acids is 1. The third-order valence-electron chi connectivity index (χ3n) is 2.13. The van der Waals surface area contributed by atoms with E-state index >= 15 is 0 Å². The van der Waals surface area contributed by atoms with E-state index in [4.69, 9.17) is 22.1 Å². The highest BCUT2D eigenvalue weighted by atomic mass is 79.9. The van der Waals surface area contributed by atoms with Gasteiger partial charge < -0.3 is 10.5 Å². The molecule has 6 heteroatoms. The van der Waals surface area contributed by atoms with Gasteiger partial charge in [-0.05, 0) is 34.1 Å². The minimum absolute atomic E-state index is 0.152. The molecule has 0 unspecified atom stereocenters. The average Bonchev–Trinajstić information content (AvgIpc) is 2.28. The van der Waals surface area contributed by atoms with Crippen LogP contribution < -0.4 is 10.5 Å². The summed E-state index contributed by atoms with van der Waals surface area (Å²) >= 11 is 9.19. The highest BCUT2D eigenvalue weighted by molar-refractivity contribution is 9.10. The predicted molar refractivity (Wildman–Crippen MR) is 72.0 cm³/mol. The highest BCUT2D eigenvalue weighted by Gasteiger charge is 2.14. The number of ether oxygens (including phenoxy) is 1. The number of primary amides is 1. The summed E-state index contributed by atoms with van der Waals surface area (Å²) < 4.78 is 6.32. The van der Waals surface area contributed by atoms with E-state index in [-0.39, 0.29) is 10.6 Å². The Morgan fingerprint density at radius 1 is 1.39 bits per heavy atom. The Bertz CT molecular complexity index is 604. The van der Waals surface area contributed by atoms with E-state index in [1.165, 1.54) is 6.20 Å². The summed E-state index contributed by atoms with van der Waals surface area (Å²) in [6.45, 7) is 0. The molecule has 0 aliphatic rings. The van der Waals surface area contributed by atoms with Crippen LogP contribution in [0.5, 0.6) is 11.5 Å². The zero-order valence-electron chi connectivity index (χ0n) is 9.06. The zero-order chi connectivity index (χ0) is 13.1. The molecule has 1 aromatic carbocycles. The number of benzene rings is 1. The molecule has 2 rings (SSSR count). The van der Waals surface area contributed by atoms with Crippen molar-refractivity contribution in [1.29, 1.82) is 0 Å². The predicted octanol–water partition coefficient (Wildman–Crippen LogP) is 3.39. The van der Waals surface area contributed by atoms with E-state index in [1.54, 1.807) is 30.5 Å². The van der Waals surface area contributed by atoms with Gasteiger partial charge in [0.1, 0.15) is 17.1 Å². The quantitative estimate of drug-likeness (QED) is 0.939. The number of hydrogen-bond acceptors (Lipinski definition) is 3. The van der Waals surface area contributed by atoms with E-state index in [9.17, 15) is 4.79 Å². The number of hydrogen-bond donors (Lipinski definition) is 1. The van der Waals surface area contributed by atoms with Crippen LogP contribution in [0.2, 0.25) is 5.02 Å². The van der Waals surface area contributed by atoms with Crippen molar-refractivity contribution >= 4 is 33.4 Å². The maximum Gasteiger partial charge on any atom is 0.254 e. The molecule has 92 valence electrons. The molecule has 0 fully saturated rings. The maximum atomic E-state index is 11.3. The van der Waals surface area contributed by atoms with Crippen LogP contribution in [0.15, 0.2) is 41.1 Å². The van der Waals surface area contributed by atoms with Crippen LogP contribution in [-0.2, 0) is 0 Å². The Morgan fingerprint density at radius 3 is 2.83 bits per heavy atom. The van der Waals surface area contributed by atoms with Crippen LogP contribution in [0, 0.1) is 0 Å². The second-order valence-electron chi connectivity index (χ2n) is 3.42. The summed E-state index contributed by atoms with van der Waals surface area (Å²) in [4.78, 5) is 15.3. The van der Waals surface area contributed by atoms with Gasteiger partial charge in [-0.15, -0.1) is 0 Å². The molecule has 18 heavy (non-hydrogen) atoms.